The number of rotatable bonds is 0. The fourth-order valence-corrected chi connectivity index (χ4v) is 0.584. The quantitative estimate of drug-likeness (QED) is 0.513. The van der Waals surface area contributed by atoms with Crippen molar-refractivity contribution in [3.63, 3.8) is 0 Å². The van der Waals surface area contributed by atoms with E-state index in [-0.39, 0.29) is 5.75 Å². The maximum absolute atomic E-state index is 8.91. The summed E-state index contributed by atoms with van der Waals surface area (Å²) in [6.45, 7) is 0. The molecule has 1 aromatic carbocycles. The molecule has 0 saturated carbocycles. The van der Waals surface area contributed by atoms with E-state index in [0.29, 0.717) is 5.56 Å². The van der Waals surface area contributed by atoms with Crippen LogP contribution in [0.25, 0.3) is 0 Å². The summed E-state index contributed by atoms with van der Waals surface area (Å²) < 4.78 is 6.57. The van der Waals surface area contributed by atoms with E-state index < -0.39 is 0 Å². The summed E-state index contributed by atoms with van der Waals surface area (Å²) >= 11 is 0. The van der Waals surface area contributed by atoms with Gasteiger partial charge in [0.05, 0.1) is 0 Å². The molecule has 0 amide bonds. The summed E-state index contributed by atoms with van der Waals surface area (Å²) in [5.41, 5.74) is 0.662. The number of aromatic hydroxyl groups is 1. The Kier molecular flexibility index (Phi) is 1.11. The van der Waals surface area contributed by atoms with Crippen molar-refractivity contribution in [3.05, 3.63) is 29.8 Å². The first kappa shape index (κ1) is 4.46. The van der Waals surface area contributed by atoms with E-state index in [4.69, 9.17) is 6.48 Å². The van der Waals surface area contributed by atoms with Crippen LogP contribution in [-0.2, 0) is 0 Å². The van der Waals surface area contributed by atoms with E-state index in [1.165, 1.54) is 6.07 Å². The summed E-state index contributed by atoms with van der Waals surface area (Å²) in [5.74, 6) is 2.69. The number of benzene rings is 1. The first-order valence-electron chi connectivity index (χ1n) is 3.04. The fourth-order valence-electron chi connectivity index (χ4n) is 0.584. The number of phenols is 1. The van der Waals surface area contributed by atoms with Crippen molar-refractivity contribution in [2.75, 3.05) is 0 Å². The van der Waals surface area contributed by atoms with E-state index in [1.54, 1.807) is 18.2 Å². The SMILES string of the molecule is [3H]C#Cc1cccc(O)c1. The second-order valence-electron chi connectivity index (χ2n) is 1.68. The fraction of sp³-hybridized carbons (Fsp3) is 0. The van der Waals surface area contributed by atoms with Crippen LogP contribution in [-0.4, -0.2) is 5.11 Å². The predicted octanol–water partition coefficient (Wildman–Crippen LogP) is 1.37. The molecule has 0 atom stereocenters. The van der Waals surface area contributed by atoms with Crippen LogP contribution in [0, 0.1) is 12.3 Å². The third kappa shape index (κ3) is 1.23. The highest BCUT2D eigenvalue weighted by Crippen LogP contribution is 2.08. The average Bonchev–Trinajstić information content (AvgIpc) is 1.88. The summed E-state index contributed by atoms with van der Waals surface area (Å²) in [7, 11) is 0. The maximum atomic E-state index is 8.91. The molecule has 0 spiro atoms. The van der Waals surface area contributed by atoms with Gasteiger partial charge in [0.2, 0.25) is 0 Å². The zero-order chi connectivity index (χ0) is 7.40. The third-order valence-electron chi connectivity index (χ3n) is 0.990. The molecule has 0 aliphatic rings. The highest BCUT2D eigenvalue weighted by atomic mass is 16.3. The number of hydrogen-bond donors (Lipinski definition) is 1. The Labute approximate surface area is 55.4 Å². The highest BCUT2D eigenvalue weighted by molar-refractivity contribution is 5.37. The Hall–Kier alpha value is -1.42. The first-order chi connectivity index (χ1) is 4.83. The molecule has 1 nitrogen and oxygen atoms in total. The van der Waals surface area contributed by atoms with E-state index in [9.17, 15) is 0 Å². The van der Waals surface area contributed by atoms with Crippen LogP contribution in [0.5, 0.6) is 5.75 Å². The van der Waals surface area contributed by atoms with Gasteiger partial charge in [0, 0.05) is 5.56 Å². The van der Waals surface area contributed by atoms with Crippen molar-refractivity contribution < 1.29 is 6.48 Å². The molecule has 0 bridgehead atoms. The van der Waals surface area contributed by atoms with Crippen molar-refractivity contribution >= 4 is 0 Å². The standard InChI is InChI=1S/C8H6O/c1-2-7-4-3-5-8(9)6-7/h1,3-6,9H/i1T. The Morgan fingerprint density at radius 2 is 2.56 bits per heavy atom. The molecular formula is C8H6O. The Bertz CT molecular complexity index is 283. The van der Waals surface area contributed by atoms with Crippen LogP contribution >= 0.6 is 0 Å². The molecule has 1 heteroatoms. The van der Waals surface area contributed by atoms with Gasteiger partial charge in [-0.2, -0.15) is 0 Å². The third-order valence-corrected chi connectivity index (χ3v) is 0.990. The van der Waals surface area contributed by atoms with E-state index in [0.717, 1.165) is 0 Å². The topological polar surface area (TPSA) is 20.2 Å². The molecule has 1 aromatic rings. The second-order valence-corrected chi connectivity index (χ2v) is 1.68. The zero-order valence-corrected chi connectivity index (χ0v) is 4.76. The molecular weight excluding hydrogens is 112 g/mol. The molecule has 1 N–H and O–H groups in total. The van der Waals surface area contributed by atoms with Crippen LogP contribution in [0.1, 0.15) is 6.93 Å². The van der Waals surface area contributed by atoms with Gasteiger partial charge in [-0.15, -0.1) is 6.40 Å². The van der Waals surface area contributed by atoms with Crippen LogP contribution in [0.3, 0.4) is 0 Å². The van der Waals surface area contributed by atoms with Crippen molar-refractivity contribution in [3.8, 4) is 18.1 Å². The van der Waals surface area contributed by atoms with Crippen LogP contribution < -0.4 is 0 Å². The van der Waals surface area contributed by atoms with Gasteiger partial charge in [0.25, 0.3) is 0 Å². The zero-order valence-electron chi connectivity index (χ0n) is 5.76. The minimum atomic E-state index is 0.181. The number of phenolic OH excluding ortho intramolecular Hbond substituents is 1. The lowest BCUT2D eigenvalue weighted by atomic mass is 10.2. The molecule has 0 radical (unpaired) electrons. The predicted molar refractivity (Wildman–Crippen MR) is 36.0 cm³/mol. The smallest absolute Gasteiger partial charge is 0.124 e. The molecule has 44 valence electrons. The van der Waals surface area contributed by atoms with E-state index >= 15 is 0 Å². The molecule has 0 heterocycles. The summed E-state index contributed by atoms with van der Waals surface area (Å²) in [4.78, 5) is 0. The van der Waals surface area contributed by atoms with E-state index in [1.807, 2.05) is 6.40 Å². The minimum Gasteiger partial charge on any atom is -0.508 e. The molecule has 0 aliphatic carbocycles. The first-order valence-corrected chi connectivity index (χ1v) is 2.54. The van der Waals surface area contributed by atoms with Gasteiger partial charge in [-0.1, -0.05) is 12.0 Å². The molecule has 0 aromatic heterocycles. The van der Waals surface area contributed by atoms with Gasteiger partial charge in [0.15, 0.2) is 0 Å². The van der Waals surface area contributed by atoms with Crippen molar-refractivity contribution in [2.45, 2.75) is 0 Å². The normalized spacial score (nSPS) is 9.11. The van der Waals surface area contributed by atoms with Gasteiger partial charge < -0.3 is 5.11 Å². The molecule has 9 heavy (non-hydrogen) atoms. The monoisotopic (exact) mass is 120 g/mol. The number of terminal acetylenes is 1. The Balaban J connectivity index is 3.03. The lowest BCUT2D eigenvalue weighted by molar-refractivity contribution is 0.475. The van der Waals surface area contributed by atoms with Gasteiger partial charge in [-0.05, 0) is 18.2 Å². The van der Waals surface area contributed by atoms with Gasteiger partial charge in [0.1, 0.15) is 7.12 Å². The molecule has 0 fully saturated rings. The Morgan fingerprint density at radius 3 is 3.22 bits per heavy atom. The summed E-state index contributed by atoms with van der Waals surface area (Å²) in [6.07, 6.45) is 2.00. The summed E-state index contributed by atoms with van der Waals surface area (Å²) in [5, 5.41) is 8.91. The van der Waals surface area contributed by atoms with Gasteiger partial charge in [-0.3, -0.25) is 0 Å². The lowest BCUT2D eigenvalue weighted by Gasteiger charge is -1.89. The Morgan fingerprint density at radius 1 is 1.67 bits per heavy atom. The molecule has 0 saturated heterocycles. The van der Waals surface area contributed by atoms with Crippen molar-refractivity contribution in [2.24, 2.45) is 0 Å². The molecule has 0 unspecified atom stereocenters. The van der Waals surface area contributed by atoms with Crippen LogP contribution in [0.4, 0.5) is 0 Å². The van der Waals surface area contributed by atoms with Gasteiger partial charge >= 0.3 is 0 Å². The van der Waals surface area contributed by atoms with Crippen LogP contribution in [0.15, 0.2) is 24.3 Å². The average molecular weight is 120 g/mol. The maximum Gasteiger partial charge on any atom is 0.124 e. The number of hydrogen-bond acceptors (Lipinski definition) is 1. The highest BCUT2D eigenvalue weighted by Gasteiger charge is 1.86. The second kappa shape index (κ2) is 2.23. The molecule has 1 rings (SSSR count). The molecule has 0 aliphatic heterocycles. The summed E-state index contributed by atoms with van der Waals surface area (Å²) in [6, 6.07) is 6.51. The van der Waals surface area contributed by atoms with Crippen LogP contribution in [0.2, 0.25) is 0 Å². The minimum absolute atomic E-state index is 0.181. The van der Waals surface area contributed by atoms with Gasteiger partial charge in [-0.25, -0.2) is 0 Å². The van der Waals surface area contributed by atoms with Crippen molar-refractivity contribution in [1.29, 1.82) is 0 Å². The van der Waals surface area contributed by atoms with E-state index in [2.05, 4.69) is 5.92 Å². The largest absolute Gasteiger partial charge is 0.508 e. The lowest BCUT2D eigenvalue weighted by Crippen LogP contribution is -1.69. The van der Waals surface area contributed by atoms with Crippen molar-refractivity contribution in [1.82, 2.24) is 0 Å².